The lowest BCUT2D eigenvalue weighted by molar-refractivity contribution is 0.0598. The smallest absolute Gasteiger partial charge is 0.343 e. The fraction of sp³-hybridized carbons (Fsp3) is 0.154. The summed E-state index contributed by atoms with van der Waals surface area (Å²) in [7, 11) is 1.16. The number of hydrogen-bond acceptors (Lipinski definition) is 5. The van der Waals surface area contributed by atoms with Crippen LogP contribution < -0.4 is 11.3 Å². The first-order valence-electron chi connectivity index (χ1n) is 5.73. The molecule has 104 valence electrons. The zero-order chi connectivity index (χ0) is 14.7. The number of H-pyrrole nitrogens is 1. The van der Waals surface area contributed by atoms with Crippen molar-refractivity contribution in [2.45, 2.75) is 6.54 Å². The zero-order valence-electron chi connectivity index (χ0n) is 10.6. The number of carbonyl (C=O) groups excluding carboxylic acids is 1. The molecule has 1 aromatic heterocycles. The molecule has 0 aliphatic rings. The quantitative estimate of drug-likeness (QED) is 0.809. The van der Waals surface area contributed by atoms with Crippen LogP contribution >= 0.6 is 0 Å². The third-order valence-electron chi connectivity index (χ3n) is 2.78. The van der Waals surface area contributed by atoms with E-state index in [1.807, 2.05) is 0 Å². The van der Waals surface area contributed by atoms with Crippen molar-refractivity contribution in [3.63, 3.8) is 0 Å². The number of halogens is 1. The largest absolute Gasteiger partial charge is 0.465 e. The molecule has 0 aliphatic heterocycles. The van der Waals surface area contributed by atoms with Crippen LogP contribution in [0.5, 0.6) is 0 Å². The van der Waals surface area contributed by atoms with Crippen LogP contribution in [0.1, 0.15) is 15.9 Å². The molecule has 0 saturated carbocycles. The SMILES string of the molecule is COC(=O)c1cc(-c2ccc(CN)c(F)c2)n[nH]c1=O. The molecule has 0 atom stereocenters. The van der Waals surface area contributed by atoms with Gasteiger partial charge in [0.05, 0.1) is 12.8 Å². The van der Waals surface area contributed by atoms with Crippen molar-refractivity contribution in [3.8, 4) is 11.3 Å². The first-order chi connectivity index (χ1) is 9.56. The van der Waals surface area contributed by atoms with Crippen LogP contribution in [0.2, 0.25) is 0 Å². The molecule has 0 aliphatic carbocycles. The highest BCUT2D eigenvalue weighted by Crippen LogP contribution is 2.19. The molecule has 1 aromatic carbocycles. The van der Waals surface area contributed by atoms with E-state index in [4.69, 9.17) is 5.73 Å². The van der Waals surface area contributed by atoms with E-state index in [1.54, 1.807) is 6.07 Å². The van der Waals surface area contributed by atoms with E-state index in [1.165, 1.54) is 18.2 Å². The molecule has 0 unspecified atom stereocenters. The van der Waals surface area contributed by atoms with Crippen LogP contribution in [0.15, 0.2) is 29.1 Å². The van der Waals surface area contributed by atoms with Crippen molar-refractivity contribution < 1.29 is 13.9 Å². The summed E-state index contributed by atoms with van der Waals surface area (Å²) in [6, 6.07) is 5.62. The minimum Gasteiger partial charge on any atom is -0.465 e. The van der Waals surface area contributed by atoms with Gasteiger partial charge in [-0.25, -0.2) is 14.3 Å². The summed E-state index contributed by atoms with van der Waals surface area (Å²) < 4.78 is 18.2. The number of nitrogens with zero attached hydrogens (tertiary/aromatic N) is 1. The maximum absolute atomic E-state index is 13.7. The molecule has 1 heterocycles. The average molecular weight is 277 g/mol. The second-order valence-electron chi connectivity index (χ2n) is 4.00. The second-order valence-corrected chi connectivity index (χ2v) is 4.00. The third-order valence-corrected chi connectivity index (χ3v) is 2.78. The lowest BCUT2D eigenvalue weighted by Crippen LogP contribution is -2.20. The zero-order valence-corrected chi connectivity index (χ0v) is 10.6. The Morgan fingerprint density at radius 3 is 2.80 bits per heavy atom. The van der Waals surface area contributed by atoms with Crippen LogP contribution in [-0.4, -0.2) is 23.3 Å². The van der Waals surface area contributed by atoms with E-state index in [9.17, 15) is 14.0 Å². The van der Waals surface area contributed by atoms with E-state index >= 15 is 0 Å². The van der Waals surface area contributed by atoms with E-state index in [-0.39, 0.29) is 17.8 Å². The summed E-state index contributed by atoms with van der Waals surface area (Å²) in [6.45, 7) is 0.0819. The number of esters is 1. The molecule has 20 heavy (non-hydrogen) atoms. The topological polar surface area (TPSA) is 98.1 Å². The lowest BCUT2D eigenvalue weighted by Gasteiger charge is -2.05. The summed E-state index contributed by atoms with van der Waals surface area (Å²) in [5.74, 6) is -1.26. The summed E-state index contributed by atoms with van der Waals surface area (Å²) >= 11 is 0. The first kappa shape index (κ1) is 13.9. The minimum atomic E-state index is -0.783. The van der Waals surface area contributed by atoms with E-state index in [0.717, 1.165) is 7.11 Å². The van der Waals surface area contributed by atoms with Gasteiger partial charge in [-0.3, -0.25) is 4.79 Å². The fourth-order valence-electron chi connectivity index (χ4n) is 1.69. The van der Waals surface area contributed by atoms with Gasteiger partial charge in [0, 0.05) is 17.7 Å². The van der Waals surface area contributed by atoms with Crippen LogP contribution in [0.4, 0.5) is 4.39 Å². The van der Waals surface area contributed by atoms with Crippen LogP contribution in [0.3, 0.4) is 0 Å². The van der Waals surface area contributed by atoms with Crippen molar-refractivity contribution in [3.05, 3.63) is 51.6 Å². The number of methoxy groups -OCH3 is 1. The third kappa shape index (κ3) is 2.57. The van der Waals surface area contributed by atoms with Gasteiger partial charge in [-0.2, -0.15) is 5.10 Å². The molecule has 3 N–H and O–H groups in total. The Labute approximate surface area is 113 Å². The highest BCUT2D eigenvalue weighted by Gasteiger charge is 2.14. The molecule has 0 fully saturated rings. The van der Waals surface area contributed by atoms with Crippen LogP contribution in [0.25, 0.3) is 11.3 Å². The predicted molar refractivity (Wildman–Crippen MR) is 69.5 cm³/mol. The van der Waals surface area contributed by atoms with Gasteiger partial charge < -0.3 is 10.5 Å². The molecule has 2 aromatic rings. The monoisotopic (exact) mass is 277 g/mol. The molecule has 0 saturated heterocycles. The summed E-state index contributed by atoms with van der Waals surface area (Å²) in [4.78, 5) is 22.9. The van der Waals surface area contributed by atoms with Crippen molar-refractivity contribution in [1.82, 2.24) is 10.2 Å². The molecule has 0 bridgehead atoms. The Morgan fingerprint density at radius 2 is 2.20 bits per heavy atom. The molecule has 0 amide bonds. The highest BCUT2D eigenvalue weighted by atomic mass is 19.1. The Bertz CT molecular complexity index is 712. The van der Waals surface area contributed by atoms with Gasteiger partial charge in [-0.05, 0) is 12.1 Å². The van der Waals surface area contributed by atoms with Crippen molar-refractivity contribution >= 4 is 5.97 Å². The number of nitrogens with one attached hydrogen (secondary N) is 1. The number of ether oxygens (including phenoxy) is 1. The van der Waals surface area contributed by atoms with Gasteiger partial charge in [0.25, 0.3) is 5.56 Å². The maximum atomic E-state index is 13.7. The molecule has 0 radical (unpaired) electrons. The van der Waals surface area contributed by atoms with Crippen molar-refractivity contribution in [2.75, 3.05) is 7.11 Å². The van der Waals surface area contributed by atoms with E-state index < -0.39 is 17.3 Å². The fourth-order valence-corrected chi connectivity index (χ4v) is 1.69. The summed E-state index contributed by atoms with van der Waals surface area (Å²) in [5, 5.41) is 5.96. The average Bonchev–Trinajstić information content (AvgIpc) is 2.47. The number of hydrogen-bond donors (Lipinski definition) is 2. The molecule has 2 rings (SSSR count). The summed E-state index contributed by atoms with van der Waals surface area (Å²) in [5.41, 5.74) is 5.56. The molecule has 6 nitrogen and oxygen atoms in total. The summed E-state index contributed by atoms with van der Waals surface area (Å²) in [6.07, 6.45) is 0. The second kappa shape index (κ2) is 5.62. The van der Waals surface area contributed by atoms with Crippen LogP contribution in [0, 0.1) is 5.82 Å². The number of aromatic nitrogens is 2. The number of rotatable bonds is 3. The number of nitrogens with two attached hydrogens (primary N) is 1. The van der Waals surface area contributed by atoms with Crippen molar-refractivity contribution in [1.29, 1.82) is 0 Å². The molecule has 7 heteroatoms. The van der Waals surface area contributed by atoms with E-state index in [0.29, 0.717) is 11.1 Å². The Morgan fingerprint density at radius 1 is 1.45 bits per heavy atom. The van der Waals surface area contributed by atoms with E-state index in [2.05, 4.69) is 14.9 Å². The van der Waals surface area contributed by atoms with Gasteiger partial charge in [-0.15, -0.1) is 0 Å². The highest BCUT2D eigenvalue weighted by molar-refractivity contribution is 5.89. The van der Waals surface area contributed by atoms with Gasteiger partial charge in [0.15, 0.2) is 0 Å². The number of benzene rings is 1. The lowest BCUT2D eigenvalue weighted by atomic mass is 10.1. The van der Waals surface area contributed by atoms with Gasteiger partial charge in [-0.1, -0.05) is 12.1 Å². The standard InChI is InChI=1S/C13H12FN3O3/c1-20-13(19)9-5-11(16-17-12(9)18)7-2-3-8(6-15)10(14)4-7/h2-5H,6,15H2,1H3,(H,17,18). The Hall–Kier alpha value is -2.54. The normalized spacial score (nSPS) is 10.3. The molecular weight excluding hydrogens is 265 g/mol. The number of aromatic amines is 1. The minimum absolute atomic E-state index is 0.0819. The predicted octanol–water partition coefficient (Wildman–Crippen LogP) is 0.821. The first-order valence-corrected chi connectivity index (χ1v) is 5.73. The molecular formula is C13H12FN3O3. The maximum Gasteiger partial charge on any atom is 0.343 e. The van der Waals surface area contributed by atoms with Crippen LogP contribution in [-0.2, 0) is 11.3 Å². The van der Waals surface area contributed by atoms with Gasteiger partial charge >= 0.3 is 5.97 Å². The Balaban J connectivity index is 2.51. The van der Waals surface area contributed by atoms with Gasteiger partial charge in [0.1, 0.15) is 11.4 Å². The Kier molecular flexibility index (Phi) is 3.90. The molecule has 0 spiro atoms. The number of carbonyl (C=O) groups is 1. The van der Waals surface area contributed by atoms with Gasteiger partial charge in [0.2, 0.25) is 0 Å². The van der Waals surface area contributed by atoms with Crippen molar-refractivity contribution in [2.24, 2.45) is 5.73 Å².